The van der Waals surface area contributed by atoms with Crippen LogP contribution in [0.2, 0.25) is 0 Å². The first-order valence-electron chi connectivity index (χ1n) is 8.88. The minimum absolute atomic E-state index is 0.223. The third-order valence-electron chi connectivity index (χ3n) is 4.93. The van der Waals surface area contributed by atoms with Crippen LogP contribution in [0.1, 0.15) is 27.0 Å². The van der Waals surface area contributed by atoms with Crippen LogP contribution in [0.3, 0.4) is 0 Å². The Morgan fingerprint density at radius 3 is 2.00 bits per heavy atom. The zero-order valence-corrected chi connectivity index (χ0v) is 17.2. The van der Waals surface area contributed by atoms with E-state index in [-0.39, 0.29) is 5.56 Å². The zero-order valence-electron chi connectivity index (χ0n) is 17.2. The van der Waals surface area contributed by atoms with Gasteiger partial charge in [-0.3, -0.25) is 0 Å². The first kappa shape index (κ1) is 20.3. The van der Waals surface area contributed by atoms with Crippen LogP contribution < -0.4 is 24.6 Å². The van der Waals surface area contributed by atoms with E-state index in [4.69, 9.17) is 23.4 Å². The van der Waals surface area contributed by atoms with Crippen molar-refractivity contribution in [3.8, 4) is 23.0 Å². The Morgan fingerprint density at radius 2 is 1.45 bits per heavy atom. The predicted molar refractivity (Wildman–Crippen MR) is 108 cm³/mol. The molecule has 29 heavy (non-hydrogen) atoms. The number of hydrogen-bond donors (Lipinski definition) is 0. The fourth-order valence-electron chi connectivity index (χ4n) is 3.09. The molecular formula is C22H22O7. The lowest BCUT2D eigenvalue weighted by Gasteiger charge is -2.14. The van der Waals surface area contributed by atoms with Crippen molar-refractivity contribution in [2.24, 2.45) is 0 Å². The number of aryl methyl sites for hydroxylation is 2. The highest BCUT2D eigenvalue weighted by atomic mass is 16.5. The monoisotopic (exact) mass is 398 g/mol. The molecule has 1 heterocycles. The quantitative estimate of drug-likeness (QED) is 0.365. The van der Waals surface area contributed by atoms with Crippen molar-refractivity contribution in [1.29, 1.82) is 0 Å². The van der Waals surface area contributed by atoms with Crippen molar-refractivity contribution in [3.05, 3.63) is 56.9 Å². The number of carbonyl (C=O) groups is 1. The summed E-state index contributed by atoms with van der Waals surface area (Å²) in [6.07, 6.45) is 0. The molecular weight excluding hydrogens is 376 g/mol. The molecule has 2 aromatic carbocycles. The number of ether oxygens (including phenoxy) is 4. The van der Waals surface area contributed by atoms with Crippen LogP contribution in [-0.4, -0.2) is 27.3 Å². The number of hydrogen-bond acceptors (Lipinski definition) is 7. The van der Waals surface area contributed by atoms with Gasteiger partial charge in [0.05, 0.1) is 26.9 Å². The van der Waals surface area contributed by atoms with E-state index in [1.807, 2.05) is 6.92 Å². The van der Waals surface area contributed by atoms with Crippen LogP contribution in [0.15, 0.2) is 33.5 Å². The molecule has 0 fully saturated rings. The molecule has 0 amide bonds. The van der Waals surface area contributed by atoms with Gasteiger partial charge < -0.3 is 23.4 Å². The smallest absolute Gasteiger partial charge is 0.343 e. The number of rotatable bonds is 5. The largest absolute Gasteiger partial charge is 0.493 e. The Labute approximate surface area is 167 Å². The summed E-state index contributed by atoms with van der Waals surface area (Å²) in [7, 11) is 4.41. The topological polar surface area (TPSA) is 84.2 Å². The van der Waals surface area contributed by atoms with E-state index >= 15 is 0 Å². The zero-order chi connectivity index (χ0) is 21.3. The summed E-state index contributed by atoms with van der Waals surface area (Å²) in [5.74, 6) is 0.735. The fourth-order valence-corrected chi connectivity index (χ4v) is 3.09. The Morgan fingerprint density at radius 1 is 0.828 bits per heavy atom. The first-order chi connectivity index (χ1) is 13.8. The van der Waals surface area contributed by atoms with Crippen LogP contribution in [-0.2, 0) is 0 Å². The maximum absolute atomic E-state index is 12.8. The highest BCUT2D eigenvalue weighted by molar-refractivity contribution is 5.94. The predicted octanol–water partition coefficient (Wildman–Crippen LogP) is 3.96. The summed E-state index contributed by atoms with van der Waals surface area (Å²) in [6.45, 7) is 5.31. The molecule has 0 aliphatic carbocycles. The van der Waals surface area contributed by atoms with Gasteiger partial charge >= 0.3 is 11.6 Å². The van der Waals surface area contributed by atoms with Gasteiger partial charge in [0.2, 0.25) is 5.75 Å². The summed E-state index contributed by atoms with van der Waals surface area (Å²) in [4.78, 5) is 24.8. The van der Waals surface area contributed by atoms with Gasteiger partial charge in [-0.25, -0.2) is 9.59 Å². The fraction of sp³-hybridized carbons (Fsp3) is 0.273. The van der Waals surface area contributed by atoms with Crippen LogP contribution in [0.25, 0.3) is 11.0 Å². The summed E-state index contributed by atoms with van der Waals surface area (Å²) < 4.78 is 26.8. The molecule has 0 bridgehead atoms. The van der Waals surface area contributed by atoms with Crippen molar-refractivity contribution in [1.82, 2.24) is 0 Å². The lowest BCUT2D eigenvalue weighted by Crippen LogP contribution is -2.11. The number of benzene rings is 2. The number of methoxy groups -OCH3 is 3. The van der Waals surface area contributed by atoms with Gasteiger partial charge in [0.1, 0.15) is 11.3 Å². The molecule has 0 aliphatic heterocycles. The lowest BCUT2D eigenvalue weighted by molar-refractivity contribution is 0.0732. The minimum atomic E-state index is -0.613. The van der Waals surface area contributed by atoms with E-state index in [0.717, 1.165) is 10.9 Å². The second kappa shape index (κ2) is 7.87. The minimum Gasteiger partial charge on any atom is -0.493 e. The van der Waals surface area contributed by atoms with Gasteiger partial charge in [-0.2, -0.15) is 0 Å². The maximum Gasteiger partial charge on any atom is 0.343 e. The molecule has 0 saturated heterocycles. The average Bonchev–Trinajstić information content (AvgIpc) is 2.73. The molecule has 0 saturated carbocycles. The molecule has 7 nitrogen and oxygen atoms in total. The van der Waals surface area contributed by atoms with Crippen molar-refractivity contribution in [2.45, 2.75) is 20.8 Å². The van der Waals surface area contributed by atoms with E-state index in [0.29, 0.717) is 39.7 Å². The van der Waals surface area contributed by atoms with Crippen LogP contribution >= 0.6 is 0 Å². The highest BCUT2D eigenvalue weighted by Gasteiger charge is 2.20. The molecule has 1 aromatic heterocycles. The third-order valence-corrected chi connectivity index (χ3v) is 4.93. The molecule has 0 atom stereocenters. The van der Waals surface area contributed by atoms with Crippen LogP contribution in [0.5, 0.6) is 23.0 Å². The molecule has 0 spiro atoms. The van der Waals surface area contributed by atoms with E-state index in [1.54, 1.807) is 26.0 Å². The molecule has 3 rings (SSSR count). The lowest BCUT2D eigenvalue weighted by atomic mass is 10.0. The summed E-state index contributed by atoms with van der Waals surface area (Å²) in [5, 5.41) is 0.798. The van der Waals surface area contributed by atoms with E-state index in [2.05, 4.69) is 0 Å². The van der Waals surface area contributed by atoms with E-state index in [1.165, 1.54) is 33.5 Å². The summed E-state index contributed by atoms with van der Waals surface area (Å²) >= 11 is 0. The number of fused-ring (bicyclic) bond motifs is 1. The number of esters is 1. The van der Waals surface area contributed by atoms with Gasteiger partial charge in [-0.1, -0.05) is 0 Å². The molecule has 3 aromatic rings. The molecule has 152 valence electrons. The van der Waals surface area contributed by atoms with Crippen LogP contribution in [0, 0.1) is 20.8 Å². The van der Waals surface area contributed by atoms with Crippen molar-refractivity contribution < 1.29 is 28.2 Å². The second-order valence-electron chi connectivity index (χ2n) is 6.51. The molecule has 0 radical (unpaired) electrons. The molecule has 0 unspecified atom stereocenters. The Balaban J connectivity index is 2.03. The van der Waals surface area contributed by atoms with Crippen molar-refractivity contribution in [2.75, 3.05) is 21.3 Å². The molecule has 0 aliphatic rings. The summed E-state index contributed by atoms with van der Waals surface area (Å²) in [6, 6.07) is 6.47. The van der Waals surface area contributed by atoms with Crippen LogP contribution in [0.4, 0.5) is 0 Å². The Kier molecular flexibility index (Phi) is 5.50. The summed E-state index contributed by atoms with van der Waals surface area (Å²) in [5.41, 5.74) is 2.16. The first-order valence-corrected chi connectivity index (χ1v) is 8.88. The number of carbonyl (C=O) groups excluding carboxylic acids is 1. The van der Waals surface area contributed by atoms with Crippen molar-refractivity contribution in [3.63, 3.8) is 0 Å². The average molecular weight is 398 g/mol. The van der Waals surface area contributed by atoms with Gasteiger partial charge in [-0.15, -0.1) is 0 Å². The van der Waals surface area contributed by atoms with E-state index in [9.17, 15) is 9.59 Å². The van der Waals surface area contributed by atoms with Gasteiger partial charge in [0.25, 0.3) is 0 Å². The van der Waals surface area contributed by atoms with Crippen molar-refractivity contribution >= 4 is 16.9 Å². The van der Waals surface area contributed by atoms with E-state index < -0.39 is 11.6 Å². The molecule has 0 N–H and O–H groups in total. The maximum atomic E-state index is 12.8. The standard InChI is InChI=1S/C22H22O7/c1-11-12(2)21(23)29-19-13(3)16(8-7-15(11)19)28-22(24)14-9-17(25-4)20(27-6)18(10-14)26-5/h7-10H,1-6H3. The normalized spacial score (nSPS) is 10.7. The SMILES string of the molecule is COc1cc(C(=O)Oc2ccc3c(C)c(C)c(=O)oc3c2C)cc(OC)c1OC. The van der Waals surface area contributed by atoms with Gasteiger partial charge in [-0.05, 0) is 50.6 Å². The van der Waals surface area contributed by atoms with Gasteiger partial charge in [0.15, 0.2) is 11.5 Å². The molecule has 7 heteroatoms. The Bertz CT molecular complexity index is 1130. The van der Waals surface area contributed by atoms with Gasteiger partial charge in [0, 0.05) is 16.5 Å². The highest BCUT2D eigenvalue weighted by Crippen LogP contribution is 2.38. The Hall–Kier alpha value is -3.48. The second-order valence-corrected chi connectivity index (χ2v) is 6.51. The third kappa shape index (κ3) is 3.51.